The van der Waals surface area contributed by atoms with Crippen LogP contribution in [0.25, 0.3) is 0 Å². The second kappa shape index (κ2) is 6.13. The maximum absolute atomic E-state index is 12.2. The maximum atomic E-state index is 12.2. The van der Waals surface area contributed by atoms with Gasteiger partial charge in [-0.1, -0.05) is 6.07 Å². The average Bonchev–Trinajstić information content (AvgIpc) is 2.49. The SMILES string of the molecule is COc1cc(N)c(NC(=O)c2ncccc2C)cc1OC. The molecule has 1 heterocycles. The Hall–Kier alpha value is -2.76. The summed E-state index contributed by atoms with van der Waals surface area (Å²) in [5.41, 5.74) is 7.88. The first-order valence-electron chi connectivity index (χ1n) is 6.31. The van der Waals surface area contributed by atoms with Gasteiger partial charge in [0.05, 0.1) is 25.6 Å². The number of anilines is 2. The molecule has 0 radical (unpaired) electrons. The summed E-state index contributed by atoms with van der Waals surface area (Å²) >= 11 is 0. The van der Waals surface area contributed by atoms with Crippen LogP contribution in [0.4, 0.5) is 11.4 Å². The van der Waals surface area contributed by atoms with Gasteiger partial charge in [-0.3, -0.25) is 9.78 Å². The van der Waals surface area contributed by atoms with Gasteiger partial charge in [0.15, 0.2) is 11.5 Å². The molecule has 0 saturated carbocycles. The van der Waals surface area contributed by atoms with Gasteiger partial charge in [0.1, 0.15) is 5.69 Å². The predicted molar refractivity (Wildman–Crippen MR) is 80.9 cm³/mol. The molecular weight excluding hydrogens is 270 g/mol. The lowest BCUT2D eigenvalue weighted by atomic mass is 10.2. The lowest BCUT2D eigenvalue weighted by Crippen LogP contribution is -2.16. The molecule has 0 aliphatic carbocycles. The van der Waals surface area contributed by atoms with Gasteiger partial charge in [0.2, 0.25) is 0 Å². The third kappa shape index (κ3) is 3.05. The fourth-order valence-corrected chi connectivity index (χ4v) is 1.91. The van der Waals surface area contributed by atoms with Gasteiger partial charge in [-0.2, -0.15) is 0 Å². The molecule has 0 saturated heterocycles. The van der Waals surface area contributed by atoms with Gasteiger partial charge < -0.3 is 20.5 Å². The van der Waals surface area contributed by atoms with E-state index in [1.807, 2.05) is 13.0 Å². The van der Waals surface area contributed by atoms with Gasteiger partial charge in [-0.15, -0.1) is 0 Å². The highest BCUT2D eigenvalue weighted by Gasteiger charge is 2.14. The summed E-state index contributed by atoms with van der Waals surface area (Å²) in [7, 11) is 3.04. The van der Waals surface area contributed by atoms with Crippen LogP contribution in [0.5, 0.6) is 11.5 Å². The number of pyridine rings is 1. The lowest BCUT2D eigenvalue weighted by Gasteiger charge is -2.13. The number of aromatic nitrogens is 1. The maximum Gasteiger partial charge on any atom is 0.274 e. The fourth-order valence-electron chi connectivity index (χ4n) is 1.91. The summed E-state index contributed by atoms with van der Waals surface area (Å²) in [4.78, 5) is 16.3. The van der Waals surface area contributed by atoms with E-state index in [-0.39, 0.29) is 5.91 Å². The molecule has 0 fully saturated rings. The van der Waals surface area contributed by atoms with Crippen molar-refractivity contribution in [1.29, 1.82) is 0 Å². The van der Waals surface area contributed by atoms with E-state index in [9.17, 15) is 4.79 Å². The number of rotatable bonds is 4. The number of hydrogen-bond acceptors (Lipinski definition) is 5. The molecule has 0 atom stereocenters. The number of benzene rings is 1. The first-order valence-corrected chi connectivity index (χ1v) is 6.31. The third-order valence-corrected chi connectivity index (χ3v) is 3.03. The fraction of sp³-hybridized carbons (Fsp3) is 0.200. The third-order valence-electron chi connectivity index (χ3n) is 3.03. The van der Waals surface area contributed by atoms with E-state index in [4.69, 9.17) is 15.2 Å². The van der Waals surface area contributed by atoms with Crippen LogP contribution < -0.4 is 20.5 Å². The number of ether oxygens (including phenoxy) is 2. The number of nitrogen functional groups attached to an aromatic ring is 1. The second-order valence-corrected chi connectivity index (χ2v) is 4.42. The Morgan fingerprint density at radius 1 is 1.24 bits per heavy atom. The van der Waals surface area contributed by atoms with Crippen molar-refractivity contribution in [2.75, 3.05) is 25.3 Å². The minimum absolute atomic E-state index is 0.327. The first-order chi connectivity index (χ1) is 10.1. The zero-order valence-electron chi connectivity index (χ0n) is 12.1. The Labute approximate surface area is 122 Å². The van der Waals surface area contributed by atoms with E-state index in [2.05, 4.69) is 10.3 Å². The number of carbonyl (C=O) groups excluding carboxylic acids is 1. The van der Waals surface area contributed by atoms with Crippen molar-refractivity contribution in [1.82, 2.24) is 4.98 Å². The molecular formula is C15H17N3O3. The van der Waals surface area contributed by atoms with E-state index in [1.165, 1.54) is 14.2 Å². The molecule has 0 bridgehead atoms. The molecule has 2 aromatic rings. The Kier molecular flexibility index (Phi) is 4.27. The molecule has 0 aliphatic rings. The largest absolute Gasteiger partial charge is 0.493 e. The van der Waals surface area contributed by atoms with E-state index >= 15 is 0 Å². The van der Waals surface area contributed by atoms with Crippen LogP contribution in [0.15, 0.2) is 30.5 Å². The monoisotopic (exact) mass is 287 g/mol. The molecule has 2 rings (SSSR count). The second-order valence-electron chi connectivity index (χ2n) is 4.42. The van der Waals surface area contributed by atoms with Gasteiger partial charge in [0.25, 0.3) is 5.91 Å². The van der Waals surface area contributed by atoms with Crippen molar-refractivity contribution in [3.8, 4) is 11.5 Å². The summed E-state index contributed by atoms with van der Waals surface area (Å²) in [6.45, 7) is 1.82. The standard InChI is InChI=1S/C15H17N3O3/c1-9-5-4-6-17-14(9)15(19)18-11-8-13(21-3)12(20-2)7-10(11)16/h4-8H,16H2,1-3H3,(H,18,19). The van der Waals surface area contributed by atoms with Crippen molar-refractivity contribution in [3.63, 3.8) is 0 Å². The molecule has 3 N–H and O–H groups in total. The molecule has 1 aromatic heterocycles. The number of methoxy groups -OCH3 is 2. The minimum atomic E-state index is -0.327. The highest BCUT2D eigenvalue weighted by Crippen LogP contribution is 2.34. The van der Waals surface area contributed by atoms with Crippen LogP contribution in [-0.2, 0) is 0 Å². The lowest BCUT2D eigenvalue weighted by molar-refractivity contribution is 0.102. The summed E-state index contributed by atoms with van der Waals surface area (Å²) in [5.74, 6) is 0.661. The van der Waals surface area contributed by atoms with Crippen LogP contribution in [-0.4, -0.2) is 25.1 Å². The van der Waals surface area contributed by atoms with Crippen molar-refractivity contribution in [2.45, 2.75) is 6.92 Å². The number of nitrogens with zero attached hydrogens (tertiary/aromatic N) is 1. The molecule has 21 heavy (non-hydrogen) atoms. The first kappa shape index (κ1) is 14.6. The molecule has 110 valence electrons. The number of hydrogen-bond donors (Lipinski definition) is 2. The van der Waals surface area contributed by atoms with Gasteiger partial charge in [0, 0.05) is 18.3 Å². The molecule has 1 aromatic carbocycles. The number of carbonyl (C=O) groups is 1. The molecule has 0 unspecified atom stereocenters. The highest BCUT2D eigenvalue weighted by atomic mass is 16.5. The van der Waals surface area contributed by atoms with Crippen LogP contribution in [0, 0.1) is 6.92 Å². The predicted octanol–water partition coefficient (Wildman–Crippen LogP) is 2.24. The number of aryl methyl sites for hydroxylation is 1. The molecule has 0 spiro atoms. The summed E-state index contributed by atoms with van der Waals surface area (Å²) in [6.07, 6.45) is 1.57. The van der Waals surface area contributed by atoms with Crippen LogP contribution in [0.2, 0.25) is 0 Å². The normalized spacial score (nSPS) is 10.0. The van der Waals surface area contributed by atoms with Crippen molar-refractivity contribution < 1.29 is 14.3 Å². The van der Waals surface area contributed by atoms with Crippen molar-refractivity contribution in [2.24, 2.45) is 0 Å². The van der Waals surface area contributed by atoms with E-state index in [0.29, 0.717) is 28.6 Å². The van der Waals surface area contributed by atoms with Crippen molar-refractivity contribution >= 4 is 17.3 Å². The zero-order valence-corrected chi connectivity index (χ0v) is 12.1. The average molecular weight is 287 g/mol. The summed E-state index contributed by atoms with van der Waals surface area (Å²) in [5, 5.41) is 2.73. The van der Waals surface area contributed by atoms with Crippen molar-refractivity contribution in [3.05, 3.63) is 41.7 Å². The Balaban J connectivity index is 2.31. The zero-order chi connectivity index (χ0) is 15.4. The molecule has 0 aliphatic heterocycles. The molecule has 6 nitrogen and oxygen atoms in total. The highest BCUT2D eigenvalue weighted by molar-refractivity contribution is 6.05. The summed E-state index contributed by atoms with van der Waals surface area (Å²) < 4.78 is 10.3. The summed E-state index contributed by atoms with van der Waals surface area (Å²) in [6, 6.07) is 6.81. The van der Waals surface area contributed by atoms with E-state index in [1.54, 1.807) is 24.4 Å². The topological polar surface area (TPSA) is 86.5 Å². The number of nitrogens with one attached hydrogen (secondary N) is 1. The number of nitrogens with two attached hydrogens (primary N) is 1. The van der Waals surface area contributed by atoms with E-state index in [0.717, 1.165) is 5.56 Å². The minimum Gasteiger partial charge on any atom is -0.493 e. The number of amides is 1. The van der Waals surface area contributed by atoms with E-state index < -0.39 is 0 Å². The van der Waals surface area contributed by atoms with Gasteiger partial charge in [-0.05, 0) is 18.6 Å². The van der Waals surface area contributed by atoms with Crippen LogP contribution in [0.3, 0.4) is 0 Å². The quantitative estimate of drug-likeness (QED) is 0.842. The van der Waals surface area contributed by atoms with Crippen LogP contribution in [0.1, 0.15) is 16.1 Å². The Morgan fingerprint density at radius 2 is 1.90 bits per heavy atom. The smallest absolute Gasteiger partial charge is 0.274 e. The molecule has 6 heteroatoms. The Bertz CT molecular complexity index is 671. The molecule has 1 amide bonds. The Morgan fingerprint density at radius 3 is 2.52 bits per heavy atom. The van der Waals surface area contributed by atoms with Gasteiger partial charge in [-0.25, -0.2) is 0 Å². The van der Waals surface area contributed by atoms with Gasteiger partial charge >= 0.3 is 0 Å². The van der Waals surface area contributed by atoms with Crippen LogP contribution >= 0.6 is 0 Å².